The monoisotopic (exact) mass is 451 g/mol. The molecule has 2 aliphatic rings. The number of aryl methyl sites for hydroxylation is 1. The Morgan fingerprint density at radius 2 is 2.12 bits per heavy atom. The van der Waals surface area contributed by atoms with Crippen LogP contribution in [0.1, 0.15) is 37.2 Å². The molecule has 3 heterocycles. The van der Waals surface area contributed by atoms with Gasteiger partial charge < -0.3 is 20.9 Å². The Morgan fingerprint density at radius 1 is 1.28 bits per heavy atom. The summed E-state index contributed by atoms with van der Waals surface area (Å²) in [6, 6.07) is 7.34. The van der Waals surface area contributed by atoms with Gasteiger partial charge in [-0.15, -0.1) is 11.3 Å². The van der Waals surface area contributed by atoms with Gasteiger partial charge in [0.1, 0.15) is 5.82 Å². The number of rotatable bonds is 5. The molecule has 1 aromatic carbocycles. The van der Waals surface area contributed by atoms with E-state index in [2.05, 4.69) is 20.5 Å². The summed E-state index contributed by atoms with van der Waals surface area (Å²) in [5.74, 6) is -0.648. The molecule has 5 rings (SSSR count). The zero-order valence-corrected chi connectivity index (χ0v) is 18.5. The van der Waals surface area contributed by atoms with E-state index in [1.54, 1.807) is 17.4 Å². The lowest BCUT2D eigenvalue weighted by molar-refractivity contribution is -0.117. The van der Waals surface area contributed by atoms with Crippen molar-refractivity contribution in [2.45, 2.75) is 26.3 Å². The van der Waals surface area contributed by atoms with Crippen LogP contribution in [0.5, 0.6) is 0 Å². The molecule has 2 amide bonds. The van der Waals surface area contributed by atoms with Gasteiger partial charge in [-0.25, -0.2) is 9.97 Å². The van der Waals surface area contributed by atoms with Crippen molar-refractivity contribution in [1.82, 2.24) is 15.3 Å². The Hall–Kier alpha value is -3.46. The summed E-state index contributed by atoms with van der Waals surface area (Å²) < 4.78 is 22.2. The average Bonchev–Trinajstić information content (AvgIpc) is 3.55. The number of thiazole rings is 1. The van der Waals surface area contributed by atoms with E-state index in [-0.39, 0.29) is 23.2 Å². The van der Waals surface area contributed by atoms with Gasteiger partial charge in [0.05, 0.1) is 44.7 Å². The Balaban J connectivity index is 1.54. The van der Waals surface area contributed by atoms with E-state index in [0.717, 1.165) is 40.5 Å². The fourth-order valence-corrected chi connectivity index (χ4v) is 4.93. The number of carbonyl (C=O) groups is 2. The molecular formula is C23H24N6O2S. The molecule has 0 bridgehead atoms. The summed E-state index contributed by atoms with van der Waals surface area (Å²) in [5.41, 5.74) is 3.91. The molecule has 1 saturated carbocycles. The van der Waals surface area contributed by atoms with Crippen molar-refractivity contribution in [2.24, 2.45) is 5.92 Å². The first kappa shape index (κ1) is 17.1. The van der Waals surface area contributed by atoms with E-state index < -0.39 is 12.9 Å². The molecular weight excluding hydrogens is 424 g/mol. The second-order valence-electron chi connectivity index (χ2n) is 8.02. The quantitative estimate of drug-likeness (QED) is 0.544. The first-order valence-corrected chi connectivity index (χ1v) is 11.1. The van der Waals surface area contributed by atoms with Crippen molar-refractivity contribution in [3.63, 3.8) is 0 Å². The molecule has 2 aromatic heterocycles. The number of aromatic nitrogens is 2. The molecule has 0 atom stereocenters. The van der Waals surface area contributed by atoms with Gasteiger partial charge in [-0.2, -0.15) is 0 Å². The average molecular weight is 452 g/mol. The van der Waals surface area contributed by atoms with Crippen LogP contribution in [0, 0.1) is 12.8 Å². The highest BCUT2D eigenvalue weighted by Crippen LogP contribution is 2.45. The minimum absolute atomic E-state index is 0.0164. The van der Waals surface area contributed by atoms with Crippen molar-refractivity contribution in [2.75, 3.05) is 29.6 Å². The summed E-state index contributed by atoms with van der Waals surface area (Å²) >= 11 is 1.67. The van der Waals surface area contributed by atoms with Crippen LogP contribution in [0.25, 0.3) is 11.3 Å². The fourth-order valence-electron chi connectivity index (χ4n) is 3.92. The van der Waals surface area contributed by atoms with Crippen molar-refractivity contribution in [3.05, 3.63) is 45.9 Å². The van der Waals surface area contributed by atoms with Gasteiger partial charge in [-0.3, -0.25) is 9.59 Å². The summed E-state index contributed by atoms with van der Waals surface area (Å²) in [6.45, 7) is 0.0191. The van der Waals surface area contributed by atoms with Crippen molar-refractivity contribution >= 4 is 46.0 Å². The standard InChI is InChI=1S/C23H24N6O2S/c1-12-26-20-14-5-4-6-16(21(14)29(3)11-18(20)32-12)27-17-9-19(28-22(30)13-7-8-13)25-10-15(17)23(31)24-2/h4-6,9-10,13H,7-8,11H2,1-3H3,(H,24,31)(H2,25,27,28,30)/i2D3. The number of hydrogen-bond donors (Lipinski definition) is 3. The van der Waals surface area contributed by atoms with Crippen molar-refractivity contribution in [3.8, 4) is 11.3 Å². The zero-order chi connectivity index (χ0) is 24.9. The summed E-state index contributed by atoms with van der Waals surface area (Å²) in [4.78, 5) is 37.2. The lowest BCUT2D eigenvalue weighted by Gasteiger charge is -2.29. The van der Waals surface area contributed by atoms with E-state index in [4.69, 9.17) is 9.10 Å². The number of nitrogens with one attached hydrogen (secondary N) is 3. The van der Waals surface area contributed by atoms with E-state index in [1.807, 2.05) is 37.5 Å². The first-order valence-electron chi connectivity index (χ1n) is 11.8. The molecule has 0 radical (unpaired) electrons. The highest BCUT2D eigenvalue weighted by atomic mass is 32.1. The van der Waals surface area contributed by atoms with Gasteiger partial charge in [0.2, 0.25) is 5.91 Å². The predicted molar refractivity (Wildman–Crippen MR) is 127 cm³/mol. The van der Waals surface area contributed by atoms with Crippen molar-refractivity contribution in [1.29, 1.82) is 0 Å². The van der Waals surface area contributed by atoms with E-state index in [1.165, 1.54) is 11.1 Å². The molecule has 9 heteroatoms. The first-order chi connectivity index (χ1) is 16.6. The summed E-state index contributed by atoms with van der Waals surface area (Å²) in [7, 11) is 1.98. The van der Waals surface area contributed by atoms with Crippen LogP contribution in [0.3, 0.4) is 0 Å². The number of fused-ring (bicyclic) bond motifs is 3. The van der Waals surface area contributed by atoms with Crippen LogP contribution < -0.4 is 20.9 Å². The Bertz CT molecular complexity index is 1340. The molecule has 1 fully saturated rings. The Morgan fingerprint density at radius 3 is 2.91 bits per heavy atom. The van der Waals surface area contributed by atoms with Gasteiger partial charge >= 0.3 is 0 Å². The predicted octanol–water partition coefficient (Wildman–Crippen LogP) is 3.92. The van der Waals surface area contributed by atoms with Gasteiger partial charge in [0.15, 0.2) is 0 Å². The molecule has 3 aromatic rings. The molecule has 3 N–H and O–H groups in total. The third-order valence-corrected chi connectivity index (χ3v) is 6.54. The fraction of sp³-hybridized carbons (Fsp3) is 0.304. The highest BCUT2D eigenvalue weighted by molar-refractivity contribution is 7.12. The maximum Gasteiger partial charge on any atom is 0.254 e. The number of benzene rings is 1. The van der Waals surface area contributed by atoms with Crippen LogP contribution in [0.4, 0.5) is 22.9 Å². The minimum Gasteiger partial charge on any atom is -0.367 e. The zero-order valence-electron chi connectivity index (χ0n) is 20.7. The maximum absolute atomic E-state index is 12.8. The van der Waals surface area contributed by atoms with Gasteiger partial charge in [-0.1, -0.05) is 12.1 Å². The molecule has 0 spiro atoms. The third-order valence-electron chi connectivity index (χ3n) is 5.59. The van der Waals surface area contributed by atoms with Gasteiger partial charge in [0, 0.05) is 41.9 Å². The van der Waals surface area contributed by atoms with Gasteiger partial charge in [0.25, 0.3) is 5.91 Å². The van der Waals surface area contributed by atoms with Crippen molar-refractivity contribution < 1.29 is 13.7 Å². The van der Waals surface area contributed by atoms with Crippen LogP contribution in [0.2, 0.25) is 0 Å². The number of hydrogen-bond acceptors (Lipinski definition) is 7. The molecule has 164 valence electrons. The number of carbonyl (C=O) groups excluding carboxylic acids is 2. The summed E-state index contributed by atoms with van der Waals surface area (Å²) in [6.07, 6.45) is 2.96. The van der Waals surface area contributed by atoms with Crippen LogP contribution >= 0.6 is 11.3 Å². The largest absolute Gasteiger partial charge is 0.367 e. The summed E-state index contributed by atoms with van der Waals surface area (Å²) in [5, 5.41) is 9.07. The third kappa shape index (κ3) is 3.69. The SMILES string of the molecule is [2H]C([2H])([2H])NC(=O)c1cnc(NC(=O)C2CC2)cc1Nc1cccc2c1N(C)Cc1sc(C)nc1-2. The number of nitrogens with zero attached hydrogens (tertiary/aromatic N) is 3. The number of amides is 2. The second kappa shape index (κ2) is 7.90. The topological polar surface area (TPSA) is 99.2 Å². The Kier molecular flexibility index (Phi) is 4.23. The molecule has 8 nitrogen and oxygen atoms in total. The Labute approximate surface area is 194 Å². The molecule has 32 heavy (non-hydrogen) atoms. The molecule has 1 aliphatic carbocycles. The second-order valence-corrected chi connectivity index (χ2v) is 9.31. The van der Waals surface area contributed by atoms with Crippen LogP contribution in [-0.2, 0) is 11.3 Å². The molecule has 0 unspecified atom stereocenters. The van der Waals surface area contributed by atoms with E-state index in [0.29, 0.717) is 12.2 Å². The minimum atomic E-state index is -2.65. The number of anilines is 4. The van der Waals surface area contributed by atoms with Crippen LogP contribution in [-0.4, -0.2) is 35.8 Å². The lowest BCUT2D eigenvalue weighted by Crippen LogP contribution is -2.23. The van der Waals surface area contributed by atoms with E-state index >= 15 is 0 Å². The normalized spacial score (nSPS) is 16.2. The molecule has 0 saturated heterocycles. The number of pyridine rings is 1. The highest BCUT2D eigenvalue weighted by Gasteiger charge is 2.30. The van der Waals surface area contributed by atoms with Crippen LogP contribution in [0.15, 0.2) is 30.5 Å². The number of para-hydroxylation sites is 1. The maximum atomic E-state index is 12.8. The van der Waals surface area contributed by atoms with E-state index in [9.17, 15) is 9.59 Å². The van der Waals surface area contributed by atoms with Gasteiger partial charge in [-0.05, 0) is 25.8 Å². The lowest BCUT2D eigenvalue weighted by atomic mass is 10.0. The smallest absolute Gasteiger partial charge is 0.254 e. The molecule has 1 aliphatic heterocycles.